The number of halogens is 1. The molecule has 0 amide bonds. The molecule has 1 N–H and O–H groups in total. The Hall–Kier alpha value is -0.870. The second-order valence-corrected chi connectivity index (χ2v) is 7.56. The first-order chi connectivity index (χ1) is 12.7. The van der Waals surface area contributed by atoms with Gasteiger partial charge in [0.2, 0.25) is 0 Å². The molecule has 8 heteroatoms. The van der Waals surface area contributed by atoms with Crippen molar-refractivity contribution < 1.29 is 4.74 Å². The van der Waals surface area contributed by atoms with Crippen LogP contribution in [0, 0.1) is 5.92 Å². The molecule has 7 nitrogen and oxygen atoms in total. The molecule has 2 aliphatic heterocycles. The smallest absolute Gasteiger partial charge is 0.194 e. The molecule has 0 radical (unpaired) electrons. The minimum atomic E-state index is 0. The van der Waals surface area contributed by atoms with Crippen molar-refractivity contribution in [3.8, 4) is 0 Å². The van der Waals surface area contributed by atoms with Gasteiger partial charge in [0.1, 0.15) is 6.10 Å². The summed E-state index contributed by atoms with van der Waals surface area (Å²) in [6.45, 7) is 12.3. The molecule has 0 spiro atoms. The number of morpholine rings is 1. The SMILES string of the molecule is CCNC(=NCC(C)CN1CCCC1)N1CCOC(c2cnn(C)c2)C1.I. The molecule has 1 aromatic rings. The van der Waals surface area contributed by atoms with Crippen LogP contribution in [0.4, 0.5) is 0 Å². The number of aromatic nitrogens is 2. The highest BCUT2D eigenvalue weighted by Gasteiger charge is 2.25. The lowest BCUT2D eigenvalue weighted by atomic mass is 10.1. The van der Waals surface area contributed by atoms with E-state index >= 15 is 0 Å². The molecule has 2 fully saturated rings. The zero-order chi connectivity index (χ0) is 18.4. The first-order valence-electron chi connectivity index (χ1n) is 10.0. The standard InChI is InChI=1S/C19H34N6O.HI/c1-4-20-19(21-11-16(2)13-24-7-5-6-8-24)25-9-10-26-18(15-25)17-12-22-23(3)14-17;/h12,14,16,18H,4-11,13,15H2,1-3H3,(H,20,21);1H. The normalized spacial score (nSPS) is 22.6. The van der Waals surface area contributed by atoms with E-state index in [1.165, 1.54) is 25.9 Å². The van der Waals surface area contributed by atoms with Gasteiger partial charge in [-0.1, -0.05) is 6.92 Å². The maximum absolute atomic E-state index is 5.97. The fraction of sp³-hybridized carbons (Fsp3) is 0.789. The van der Waals surface area contributed by atoms with Crippen LogP contribution in [-0.2, 0) is 11.8 Å². The van der Waals surface area contributed by atoms with Gasteiger partial charge >= 0.3 is 0 Å². The van der Waals surface area contributed by atoms with Gasteiger partial charge in [-0.15, -0.1) is 24.0 Å². The molecular weight excluding hydrogens is 455 g/mol. The van der Waals surface area contributed by atoms with Gasteiger partial charge in [0, 0.05) is 45.0 Å². The minimum Gasteiger partial charge on any atom is -0.370 e. The predicted octanol–water partition coefficient (Wildman–Crippen LogP) is 2.11. The predicted molar refractivity (Wildman–Crippen MR) is 120 cm³/mol. The summed E-state index contributed by atoms with van der Waals surface area (Å²) in [5.41, 5.74) is 1.13. The molecule has 0 aromatic carbocycles. The summed E-state index contributed by atoms with van der Waals surface area (Å²) in [4.78, 5) is 9.84. The third-order valence-corrected chi connectivity index (χ3v) is 5.12. The van der Waals surface area contributed by atoms with Crippen molar-refractivity contribution >= 4 is 29.9 Å². The Bertz CT molecular complexity index is 587. The van der Waals surface area contributed by atoms with Crippen LogP contribution in [-0.4, -0.2) is 78.0 Å². The van der Waals surface area contributed by atoms with Crippen molar-refractivity contribution in [2.45, 2.75) is 32.8 Å². The van der Waals surface area contributed by atoms with E-state index in [9.17, 15) is 0 Å². The molecule has 0 bridgehead atoms. The van der Waals surface area contributed by atoms with E-state index in [2.05, 4.69) is 34.1 Å². The zero-order valence-electron chi connectivity index (χ0n) is 16.9. The summed E-state index contributed by atoms with van der Waals surface area (Å²) in [5.74, 6) is 1.59. The quantitative estimate of drug-likeness (QED) is 0.376. The van der Waals surface area contributed by atoms with E-state index < -0.39 is 0 Å². The van der Waals surface area contributed by atoms with Crippen LogP contribution in [0.1, 0.15) is 38.4 Å². The number of aryl methyl sites for hydroxylation is 1. The third-order valence-electron chi connectivity index (χ3n) is 5.12. The summed E-state index contributed by atoms with van der Waals surface area (Å²) in [6.07, 6.45) is 6.69. The van der Waals surface area contributed by atoms with Crippen LogP contribution >= 0.6 is 24.0 Å². The summed E-state index contributed by atoms with van der Waals surface area (Å²) < 4.78 is 7.80. The molecule has 27 heavy (non-hydrogen) atoms. The Morgan fingerprint density at radius 2 is 2.15 bits per heavy atom. The maximum Gasteiger partial charge on any atom is 0.194 e. The average Bonchev–Trinajstić information content (AvgIpc) is 3.30. The van der Waals surface area contributed by atoms with Crippen molar-refractivity contribution in [2.24, 2.45) is 18.0 Å². The van der Waals surface area contributed by atoms with Gasteiger partial charge in [-0.25, -0.2) is 0 Å². The van der Waals surface area contributed by atoms with Crippen molar-refractivity contribution in [1.29, 1.82) is 0 Å². The third kappa shape index (κ3) is 6.60. The average molecular weight is 490 g/mol. The Labute approximate surface area is 180 Å². The van der Waals surface area contributed by atoms with Crippen molar-refractivity contribution in [1.82, 2.24) is 24.9 Å². The summed E-state index contributed by atoms with van der Waals surface area (Å²) in [6, 6.07) is 0. The Morgan fingerprint density at radius 3 is 2.81 bits per heavy atom. The van der Waals surface area contributed by atoms with Crippen LogP contribution in [0.2, 0.25) is 0 Å². The number of ether oxygens (including phenoxy) is 1. The van der Waals surface area contributed by atoms with Gasteiger partial charge in [-0.05, 0) is 38.8 Å². The second-order valence-electron chi connectivity index (χ2n) is 7.56. The molecule has 0 aliphatic carbocycles. The van der Waals surface area contributed by atoms with Crippen LogP contribution in [0.5, 0.6) is 0 Å². The molecule has 1 aromatic heterocycles. The fourth-order valence-electron chi connectivity index (χ4n) is 3.78. The molecular formula is C19H35IN6O. The van der Waals surface area contributed by atoms with Crippen LogP contribution in [0.3, 0.4) is 0 Å². The number of hydrogen-bond donors (Lipinski definition) is 1. The van der Waals surface area contributed by atoms with Gasteiger partial charge in [0.15, 0.2) is 5.96 Å². The van der Waals surface area contributed by atoms with E-state index in [0.717, 1.165) is 44.2 Å². The molecule has 3 rings (SSSR count). The molecule has 2 aliphatic rings. The Balaban J connectivity index is 0.00000261. The highest BCUT2D eigenvalue weighted by Crippen LogP contribution is 2.21. The lowest BCUT2D eigenvalue weighted by Gasteiger charge is -2.35. The first-order valence-corrected chi connectivity index (χ1v) is 10.0. The van der Waals surface area contributed by atoms with Crippen molar-refractivity contribution in [3.05, 3.63) is 18.0 Å². The molecule has 2 atom stereocenters. The highest BCUT2D eigenvalue weighted by molar-refractivity contribution is 14.0. The van der Waals surface area contributed by atoms with E-state index in [4.69, 9.17) is 9.73 Å². The number of hydrogen-bond acceptors (Lipinski definition) is 4. The lowest BCUT2D eigenvalue weighted by Crippen LogP contribution is -2.48. The topological polar surface area (TPSA) is 57.9 Å². The summed E-state index contributed by atoms with van der Waals surface area (Å²) in [5, 5.41) is 7.74. The van der Waals surface area contributed by atoms with Gasteiger partial charge in [0.25, 0.3) is 0 Å². The highest BCUT2D eigenvalue weighted by atomic mass is 127. The summed E-state index contributed by atoms with van der Waals surface area (Å²) in [7, 11) is 1.94. The van der Waals surface area contributed by atoms with Gasteiger partial charge < -0.3 is 19.9 Å². The Kier molecular flexibility index (Phi) is 9.31. The molecule has 154 valence electrons. The Morgan fingerprint density at radius 1 is 1.37 bits per heavy atom. The van der Waals surface area contributed by atoms with Gasteiger partial charge in [-0.2, -0.15) is 5.10 Å². The number of nitrogens with zero attached hydrogens (tertiary/aromatic N) is 5. The summed E-state index contributed by atoms with van der Waals surface area (Å²) >= 11 is 0. The van der Waals surface area contributed by atoms with Gasteiger partial charge in [-0.3, -0.25) is 9.67 Å². The molecule has 2 unspecified atom stereocenters. The van der Waals surface area contributed by atoms with Crippen molar-refractivity contribution in [3.63, 3.8) is 0 Å². The number of likely N-dealkylation sites (tertiary alicyclic amines) is 1. The maximum atomic E-state index is 5.97. The van der Waals surface area contributed by atoms with Crippen LogP contribution in [0.15, 0.2) is 17.4 Å². The minimum absolute atomic E-state index is 0. The largest absolute Gasteiger partial charge is 0.370 e. The molecule has 0 saturated carbocycles. The number of aliphatic imine (C=N–C) groups is 1. The second kappa shape index (κ2) is 11.2. The van der Waals surface area contributed by atoms with Crippen LogP contribution in [0.25, 0.3) is 0 Å². The number of guanidine groups is 1. The van der Waals surface area contributed by atoms with E-state index in [1.54, 1.807) is 0 Å². The van der Waals surface area contributed by atoms with E-state index in [-0.39, 0.29) is 30.1 Å². The molecule has 3 heterocycles. The monoisotopic (exact) mass is 490 g/mol. The van der Waals surface area contributed by atoms with Crippen molar-refractivity contribution in [2.75, 3.05) is 52.4 Å². The molecule has 2 saturated heterocycles. The zero-order valence-corrected chi connectivity index (χ0v) is 19.3. The lowest BCUT2D eigenvalue weighted by molar-refractivity contribution is -0.00806. The fourth-order valence-corrected chi connectivity index (χ4v) is 3.78. The van der Waals surface area contributed by atoms with Crippen LogP contribution < -0.4 is 5.32 Å². The number of rotatable bonds is 6. The van der Waals surface area contributed by atoms with Gasteiger partial charge in [0.05, 0.1) is 19.3 Å². The first kappa shape index (κ1) is 22.4. The number of nitrogens with one attached hydrogen (secondary N) is 1. The van der Waals surface area contributed by atoms with E-state index in [1.807, 2.05) is 24.1 Å². The van der Waals surface area contributed by atoms with E-state index in [0.29, 0.717) is 12.5 Å².